The first-order chi connectivity index (χ1) is 15.0. The van der Waals surface area contributed by atoms with E-state index in [1.165, 1.54) is 15.6 Å². The number of hydrogen-bond acceptors (Lipinski definition) is 6. The number of aromatic nitrogens is 2. The predicted molar refractivity (Wildman–Crippen MR) is 121 cm³/mol. The average molecular weight is 457 g/mol. The molecule has 2 aromatic carbocycles. The van der Waals surface area contributed by atoms with Gasteiger partial charge in [-0.3, -0.25) is 4.79 Å². The molecule has 0 aliphatic carbocycles. The van der Waals surface area contributed by atoms with Crippen molar-refractivity contribution < 1.29 is 13.2 Å². The Kier molecular flexibility index (Phi) is 6.45. The molecular formula is C22H24N4O3S2. The molecule has 2 heterocycles. The van der Waals surface area contributed by atoms with E-state index in [-0.39, 0.29) is 16.8 Å². The second-order valence-corrected chi connectivity index (χ2v) is 10.4. The quantitative estimate of drug-likeness (QED) is 0.607. The van der Waals surface area contributed by atoms with Crippen molar-refractivity contribution in [2.75, 3.05) is 18.4 Å². The number of aryl methyl sites for hydroxylation is 1. The molecule has 0 bridgehead atoms. The van der Waals surface area contributed by atoms with Crippen molar-refractivity contribution in [3.63, 3.8) is 0 Å². The second-order valence-electron chi connectivity index (χ2n) is 7.47. The highest BCUT2D eigenvalue weighted by Gasteiger charge is 2.32. The van der Waals surface area contributed by atoms with Crippen LogP contribution in [-0.2, 0) is 16.4 Å². The summed E-state index contributed by atoms with van der Waals surface area (Å²) < 4.78 is 27.7. The predicted octanol–water partition coefficient (Wildman–Crippen LogP) is 3.92. The van der Waals surface area contributed by atoms with Crippen molar-refractivity contribution in [1.82, 2.24) is 14.5 Å². The van der Waals surface area contributed by atoms with Crippen LogP contribution in [0.2, 0.25) is 0 Å². The fourth-order valence-corrected chi connectivity index (χ4v) is 5.99. The lowest BCUT2D eigenvalue weighted by molar-refractivity contribution is 0.102. The minimum atomic E-state index is -3.57. The molecule has 1 aliphatic rings. The molecule has 1 unspecified atom stereocenters. The highest BCUT2D eigenvalue weighted by atomic mass is 32.2. The van der Waals surface area contributed by atoms with Gasteiger partial charge in [0, 0.05) is 24.7 Å². The van der Waals surface area contributed by atoms with Gasteiger partial charge in [-0.2, -0.15) is 4.31 Å². The van der Waals surface area contributed by atoms with Crippen LogP contribution in [0.25, 0.3) is 0 Å². The van der Waals surface area contributed by atoms with E-state index in [2.05, 4.69) is 15.5 Å². The molecule has 1 aromatic heterocycles. The monoisotopic (exact) mass is 456 g/mol. The molecule has 1 fully saturated rings. The minimum absolute atomic E-state index is 0.0748. The summed E-state index contributed by atoms with van der Waals surface area (Å²) in [6.07, 6.45) is 2.42. The minimum Gasteiger partial charge on any atom is -0.320 e. The molecule has 1 N–H and O–H groups in total. The van der Waals surface area contributed by atoms with E-state index in [1.54, 1.807) is 24.3 Å². The number of hydrogen-bond donors (Lipinski definition) is 1. The van der Waals surface area contributed by atoms with E-state index in [0.29, 0.717) is 28.7 Å². The number of nitrogens with one attached hydrogen (secondary N) is 1. The maximum Gasteiger partial charge on any atom is 0.286 e. The maximum atomic E-state index is 13.1. The summed E-state index contributed by atoms with van der Waals surface area (Å²) in [5.41, 5.74) is 1.79. The van der Waals surface area contributed by atoms with E-state index >= 15 is 0 Å². The molecule has 3 aromatic rings. The lowest BCUT2D eigenvalue weighted by Crippen LogP contribution is -2.39. The van der Waals surface area contributed by atoms with Gasteiger partial charge in [0.1, 0.15) is 5.01 Å². The van der Waals surface area contributed by atoms with Gasteiger partial charge < -0.3 is 5.32 Å². The van der Waals surface area contributed by atoms with E-state index in [1.807, 2.05) is 37.3 Å². The van der Waals surface area contributed by atoms with Crippen LogP contribution in [0, 0.1) is 0 Å². The summed E-state index contributed by atoms with van der Waals surface area (Å²) in [4.78, 5) is 12.8. The Morgan fingerprint density at radius 3 is 2.58 bits per heavy atom. The largest absolute Gasteiger partial charge is 0.320 e. The maximum absolute atomic E-state index is 13.1. The third kappa shape index (κ3) is 4.84. The van der Waals surface area contributed by atoms with E-state index in [0.717, 1.165) is 24.8 Å². The zero-order chi connectivity index (χ0) is 21.8. The molecule has 0 saturated carbocycles. The molecule has 1 amide bonds. The van der Waals surface area contributed by atoms with E-state index in [9.17, 15) is 13.2 Å². The van der Waals surface area contributed by atoms with Crippen molar-refractivity contribution >= 4 is 33.0 Å². The Bertz CT molecular complexity index is 1150. The summed E-state index contributed by atoms with van der Waals surface area (Å²) in [6, 6.07) is 16.2. The van der Waals surface area contributed by atoms with Gasteiger partial charge in [0.2, 0.25) is 15.0 Å². The number of sulfonamides is 1. The molecule has 1 aliphatic heterocycles. The SMILES string of the molecule is CCc1ccc(S(=O)(=O)N2CCCC(c3nnc(C(=O)Nc4ccccc4)s3)C2)cc1. The smallest absolute Gasteiger partial charge is 0.286 e. The fraction of sp³-hybridized carbons (Fsp3) is 0.318. The topological polar surface area (TPSA) is 92.3 Å². The van der Waals surface area contributed by atoms with Crippen LogP contribution in [0.1, 0.15) is 46.1 Å². The molecular weight excluding hydrogens is 432 g/mol. The van der Waals surface area contributed by atoms with Crippen LogP contribution in [-0.4, -0.2) is 41.9 Å². The summed E-state index contributed by atoms with van der Waals surface area (Å²) in [7, 11) is -3.57. The van der Waals surface area contributed by atoms with Crippen molar-refractivity contribution in [2.45, 2.75) is 37.0 Å². The summed E-state index contributed by atoms with van der Waals surface area (Å²) in [5, 5.41) is 12.0. The van der Waals surface area contributed by atoms with Crippen LogP contribution in [0.15, 0.2) is 59.5 Å². The molecule has 7 nitrogen and oxygen atoms in total. The standard InChI is InChI=1S/C22H24N4O3S2/c1-2-16-10-12-19(13-11-16)31(28,29)26-14-6-7-17(15-26)21-24-25-22(30-21)20(27)23-18-8-4-3-5-9-18/h3-5,8-13,17H,2,6-7,14-15H2,1H3,(H,23,27). The zero-order valence-corrected chi connectivity index (χ0v) is 18.8. The number of rotatable bonds is 6. The molecule has 0 spiro atoms. The molecule has 4 rings (SSSR count). The third-order valence-electron chi connectivity index (χ3n) is 5.37. The van der Waals surface area contributed by atoms with Gasteiger partial charge >= 0.3 is 0 Å². The van der Waals surface area contributed by atoms with Crippen LogP contribution in [0.3, 0.4) is 0 Å². The zero-order valence-electron chi connectivity index (χ0n) is 17.2. The number of piperidine rings is 1. The third-order valence-corrected chi connectivity index (χ3v) is 8.33. The lowest BCUT2D eigenvalue weighted by Gasteiger charge is -2.30. The van der Waals surface area contributed by atoms with Gasteiger partial charge in [-0.15, -0.1) is 10.2 Å². The average Bonchev–Trinajstić information content (AvgIpc) is 3.30. The Labute approximate surface area is 186 Å². The summed E-state index contributed by atoms with van der Waals surface area (Å²) >= 11 is 1.22. The van der Waals surface area contributed by atoms with E-state index in [4.69, 9.17) is 0 Å². The number of carbonyl (C=O) groups is 1. The normalized spacial score (nSPS) is 17.4. The highest BCUT2D eigenvalue weighted by Crippen LogP contribution is 2.32. The second kappa shape index (κ2) is 9.25. The molecule has 31 heavy (non-hydrogen) atoms. The highest BCUT2D eigenvalue weighted by molar-refractivity contribution is 7.89. The van der Waals surface area contributed by atoms with Crippen LogP contribution < -0.4 is 5.32 Å². The van der Waals surface area contributed by atoms with Crippen molar-refractivity contribution in [3.8, 4) is 0 Å². The first kappa shape index (κ1) is 21.6. The van der Waals surface area contributed by atoms with Crippen molar-refractivity contribution in [2.24, 2.45) is 0 Å². The number of carbonyl (C=O) groups excluding carboxylic acids is 1. The van der Waals surface area contributed by atoms with Gasteiger partial charge in [0.05, 0.1) is 4.90 Å². The Balaban J connectivity index is 1.46. The Morgan fingerprint density at radius 1 is 1.13 bits per heavy atom. The number of para-hydroxylation sites is 1. The fourth-order valence-electron chi connectivity index (χ4n) is 3.61. The van der Waals surface area contributed by atoms with Gasteiger partial charge in [-0.25, -0.2) is 8.42 Å². The number of anilines is 1. The summed E-state index contributed by atoms with van der Waals surface area (Å²) in [6.45, 7) is 2.86. The molecule has 0 radical (unpaired) electrons. The van der Waals surface area contributed by atoms with Gasteiger partial charge in [-0.1, -0.05) is 48.6 Å². The molecule has 9 heteroatoms. The van der Waals surface area contributed by atoms with E-state index < -0.39 is 10.0 Å². The van der Waals surface area contributed by atoms with Gasteiger partial charge in [0.25, 0.3) is 5.91 Å². The van der Waals surface area contributed by atoms with Crippen LogP contribution in [0.4, 0.5) is 5.69 Å². The number of amides is 1. The first-order valence-corrected chi connectivity index (χ1v) is 12.5. The van der Waals surface area contributed by atoms with Crippen molar-refractivity contribution in [1.29, 1.82) is 0 Å². The van der Waals surface area contributed by atoms with Gasteiger partial charge in [0.15, 0.2) is 0 Å². The molecule has 1 saturated heterocycles. The van der Waals surface area contributed by atoms with Gasteiger partial charge in [-0.05, 0) is 49.1 Å². The van der Waals surface area contributed by atoms with Crippen LogP contribution in [0.5, 0.6) is 0 Å². The van der Waals surface area contributed by atoms with Crippen LogP contribution >= 0.6 is 11.3 Å². The number of nitrogens with zero attached hydrogens (tertiary/aromatic N) is 3. The number of benzene rings is 2. The molecule has 162 valence electrons. The van der Waals surface area contributed by atoms with Crippen molar-refractivity contribution in [3.05, 3.63) is 70.2 Å². The summed E-state index contributed by atoms with van der Waals surface area (Å²) in [5.74, 6) is -0.388. The lowest BCUT2D eigenvalue weighted by atomic mass is 10.0. The molecule has 1 atom stereocenters. The Morgan fingerprint density at radius 2 is 1.87 bits per heavy atom. The Hall–Kier alpha value is -2.62. The first-order valence-electron chi connectivity index (χ1n) is 10.3.